The van der Waals surface area contributed by atoms with Gasteiger partial charge in [-0.1, -0.05) is 12.1 Å². The van der Waals surface area contributed by atoms with Gasteiger partial charge in [0.1, 0.15) is 17.1 Å². The molecule has 4 nitrogen and oxygen atoms in total. The van der Waals surface area contributed by atoms with Crippen molar-refractivity contribution in [1.82, 2.24) is 5.16 Å². The molecule has 0 saturated carbocycles. The number of amides is 1. The van der Waals surface area contributed by atoms with Crippen molar-refractivity contribution in [1.29, 1.82) is 0 Å². The van der Waals surface area contributed by atoms with Crippen molar-refractivity contribution in [2.75, 3.05) is 5.32 Å². The highest BCUT2D eigenvalue weighted by molar-refractivity contribution is 6.05. The highest BCUT2D eigenvalue weighted by Gasteiger charge is 2.20. The van der Waals surface area contributed by atoms with E-state index < -0.39 is 0 Å². The summed E-state index contributed by atoms with van der Waals surface area (Å²) >= 11 is 0. The molecule has 1 heterocycles. The van der Waals surface area contributed by atoms with Gasteiger partial charge >= 0.3 is 0 Å². The zero-order valence-corrected chi connectivity index (χ0v) is 11.8. The van der Waals surface area contributed by atoms with Crippen LogP contribution in [0.3, 0.4) is 0 Å². The largest absolute Gasteiger partial charge is 0.360 e. The van der Waals surface area contributed by atoms with Crippen molar-refractivity contribution < 1.29 is 13.7 Å². The highest BCUT2D eigenvalue weighted by atomic mass is 19.1. The second kappa shape index (κ2) is 5.86. The standard InChI is InChI=1S/C15H17FN2O2/c1-4-5-13-14(10(3)18-20-13)15(19)17-12-7-9(2)6-11(16)8-12/h6-8H,4-5H2,1-3H3,(H,17,19). The van der Waals surface area contributed by atoms with E-state index in [1.54, 1.807) is 19.9 Å². The van der Waals surface area contributed by atoms with Gasteiger partial charge in [0.05, 0.1) is 5.69 Å². The number of carbonyl (C=O) groups is 1. The Balaban J connectivity index is 2.26. The topological polar surface area (TPSA) is 55.1 Å². The third-order valence-corrected chi connectivity index (χ3v) is 2.94. The van der Waals surface area contributed by atoms with Crippen LogP contribution in [0.5, 0.6) is 0 Å². The summed E-state index contributed by atoms with van der Waals surface area (Å²) in [6.45, 7) is 5.48. The minimum Gasteiger partial charge on any atom is -0.360 e. The molecule has 0 bridgehead atoms. The molecule has 0 unspecified atom stereocenters. The first kappa shape index (κ1) is 14.2. The molecule has 1 N–H and O–H groups in total. The Kier molecular flexibility index (Phi) is 4.17. The molecule has 1 aromatic carbocycles. The van der Waals surface area contributed by atoms with Crippen LogP contribution >= 0.6 is 0 Å². The summed E-state index contributed by atoms with van der Waals surface area (Å²) in [6.07, 6.45) is 1.50. The van der Waals surface area contributed by atoms with E-state index in [1.165, 1.54) is 12.1 Å². The third-order valence-electron chi connectivity index (χ3n) is 2.94. The molecular weight excluding hydrogens is 259 g/mol. The smallest absolute Gasteiger partial charge is 0.261 e. The van der Waals surface area contributed by atoms with Crippen molar-refractivity contribution in [2.45, 2.75) is 33.6 Å². The molecule has 2 rings (SSSR count). The number of carbonyl (C=O) groups excluding carboxylic acids is 1. The van der Waals surface area contributed by atoms with Gasteiger partial charge in [-0.05, 0) is 44.0 Å². The number of aromatic nitrogens is 1. The van der Waals surface area contributed by atoms with Crippen molar-refractivity contribution in [2.24, 2.45) is 0 Å². The van der Waals surface area contributed by atoms with Crippen molar-refractivity contribution in [3.63, 3.8) is 0 Å². The summed E-state index contributed by atoms with van der Waals surface area (Å²) in [5, 5.41) is 6.51. The lowest BCUT2D eigenvalue weighted by atomic mass is 10.1. The van der Waals surface area contributed by atoms with Crippen molar-refractivity contribution >= 4 is 11.6 Å². The van der Waals surface area contributed by atoms with Crippen LogP contribution in [0.2, 0.25) is 0 Å². The van der Waals surface area contributed by atoms with Crippen molar-refractivity contribution in [3.05, 3.63) is 46.6 Å². The van der Waals surface area contributed by atoms with Crippen LogP contribution in [0.15, 0.2) is 22.7 Å². The fourth-order valence-electron chi connectivity index (χ4n) is 2.11. The average molecular weight is 276 g/mol. The quantitative estimate of drug-likeness (QED) is 0.927. The molecule has 0 aliphatic carbocycles. The number of nitrogens with one attached hydrogen (secondary N) is 1. The maximum atomic E-state index is 13.3. The van der Waals surface area contributed by atoms with Crippen LogP contribution in [0.4, 0.5) is 10.1 Å². The Hall–Kier alpha value is -2.17. The summed E-state index contributed by atoms with van der Waals surface area (Å²) < 4.78 is 18.5. The molecule has 0 aliphatic rings. The summed E-state index contributed by atoms with van der Waals surface area (Å²) in [5.74, 6) is -0.135. The summed E-state index contributed by atoms with van der Waals surface area (Å²) in [6, 6.07) is 4.40. The number of anilines is 1. The molecule has 1 aromatic heterocycles. The van der Waals surface area contributed by atoms with Crippen LogP contribution in [-0.2, 0) is 6.42 Å². The molecule has 106 valence electrons. The zero-order chi connectivity index (χ0) is 14.7. The first-order valence-corrected chi connectivity index (χ1v) is 6.55. The molecule has 5 heteroatoms. The van der Waals surface area contributed by atoms with E-state index in [0.29, 0.717) is 29.1 Å². The first-order valence-electron chi connectivity index (χ1n) is 6.55. The minimum atomic E-state index is -0.379. The Morgan fingerprint density at radius 2 is 2.10 bits per heavy atom. The lowest BCUT2D eigenvalue weighted by molar-refractivity contribution is 0.102. The predicted octanol–water partition coefficient (Wildman–Crippen LogP) is 3.64. The molecule has 2 aromatic rings. The van der Waals surface area contributed by atoms with Gasteiger partial charge in [-0.15, -0.1) is 0 Å². The number of benzene rings is 1. The lowest BCUT2D eigenvalue weighted by Gasteiger charge is -2.06. The van der Waals surface area contributed by atoms with Gasteiger partial charge in [-0.3, -0.25) is 4.79 Å². The second-order valence-corrected chi connectivity index (χ2v) is 4.79. The summed E-state index contributed by atoms with van der Waals surface area (Å²) in [5.41, 5.74) is 2.15. The molecule has 1 amide bonds. The van der Waals surface area contributed by atoms with Crippen LogP contribution in [0.1, 0.15) is 40.7 Å². The Bertz CT molecular complexity index is 615. The van der Waals surface area contributed by atoms with Gasteiger partial charge in [0.2, 0.25) is 0 Å². The fourth-order valence-corrected chi connectivity index (χ4v) is 2.11. The minimum absolute atomic E-state index is 0.322. The highest BCUT2D eigenvalue weighted by Crippen LogP contribution is 2.19. The number of aryl methyl sites for hydroxylation is 3. The zero-order valence-electron chi connectivity index (χ0n) is 11.8. The fraction of sp³-hybridized carbons (Fsp3) is 0.333. The van der Waals surface area contributed by atoms with Gasteiger partial charge in [0.15, 0.2) is 0 Å². The number of hydrogen-bond donors (Lipinski definition) is 1. The summed E-state index contributed by atoms with van der Waals surface area (Å²) in [7, 11) is 0. The molecule has 0 saturated heterocycles. The van der Waals surface area contributed by atoms with E-state index in [2.05, 4.69) is 10.5 Å². The average Bonchev–Trinajstić information content (AvgIpc) is 2.69. The van der Waals surface area contributed by atoms with E-state index in [1.807, 2.05) is 6.92 Å². The van der Waals surface area contributed by atoms with E-state index >= 15 is 0 Å². The Morgan fingerprint density at radius 1 is 1.35 bits per heavy atom. The molecule has 20 heavy (non-hydrogen) atoms. The van der Waals surface area contributed by atoms with E-state index in [0.717, 1.165) is 12.0 Å². The molecule has 0 radical (unpaired) electrons. The van der Waals surface area contributed by atoms with Gasteiger partial charge in [-0.25, -0.2) is 4.39 Å². The van der Waals surface area contributed by atoms with Gasteiger partial charge in [0.25, 0.3) is 5.91 Å². The maximum absolute atomic E-state index is 13.3. The van der Waals surface area contributed by atoms with E-state index in [-0.39, 0.29) is 11.7 Å². The van der Waals surface area contributed by atoms with E-state index in [9.17, 15) is 9.18 Å². The van der Waals surface area contributed by atoms with E-state index in [4.69, 9.17) is 4.52 Å². The molecule has 0 spiro atoms. The van der Waals surface area contributed by atoms with Gasteiger partial charge < -0.3 is 9.84 Å². The third kappa shape index (κ3) is 3.04. The normalized spacial score (nSPS) is 10.6. The Morgan fingerprint density at radius 3 is 2.75 bits per heavy atom. The van der Waals surface area contributed by atoms with Crippen LogP contribution in [0, 0.1) is 19.7 Å². The number of nitrogens with zero attached hydrogens (tertiary/aromatic N) is 1. The number of halogens is 1. The molecule has 0 atom stereocenters. The number of rotatable bonds is 4. The molecule has 0 aliphatic heterocycles. The molecular formula is C15H17FN2O2. The van der Waals surface area contributed by atoms with Gasteiger partial charge in [-0.2, -0.15) is 0 Å². The Labute approximate surface area is 117 Å². The monoisotopic (exact) mass is 276 g/mol. The lowest BCUT2D eigenvalue weighted by Crippen LogP contribution is -2.14. The van der Waals surface area contributed by atoms with Crippen LogP contribution in [-0.4, -0.2) is 11.1 Å². The van der Waals surface area contributed by atoms with Gasteiger partial charge in [0, 0.05) is 12.1 Å². The van der Waals surface area contributed by atoms with Crippen LogP contribution < -0.4 is 5.32 Å². The second-order valence-electron chi connectivity index (χ2n) is 4.79. The summed E-state index contributed by atoms with van der Waals surface area (Å²) in [4.78, 5) is 12.3. The number of hydrogen-bond acceptors (Lipinski definition) is 3. The van der Waals surface area contributed by atoms with Crippen LogP contribution in [0.25, 0.3) is 0 Å². The predicted molar refractivity (Wildman–Crippen MR) is 74.3 cm³/mol. The SMILES string of the molecule is CCCc1onc(C)c1C(=O)Nc1cc(C)cc(F)c1. The van der Waals surface area contributed by atoms with Crippen molar-refractivity contribution in [3.8, 4) is 0 Å². The maximum Gasteiger partial charge on any atom is 0.261 e. The molecule has 0 fully saturated rings. The first-order chi connectivity index (χ1) is 9.51.